The van der Waals surface area contributed by atoms with E-state index in [0.717, 1.165) is 18.8 Å². The lowest BCUT2D eigenvalue weighted by molar-refractivity contribution is 0.146. The van der Waals surface area contributed by atoms with Crippen LogP contribution in [-0.4, -0.2) is 33.4 Å². The van der Waals surface area contributed by atoms with Gasteiger partial charge in [0.15, 0.2) is 0 Å². The first-order valence-corrected chi connectivity index (χ1v) is 6.53. The van der Waals surface area contributed by atoms with Gasteiger partial charge in [-0.05, 0) is 49.5 Å². The summed E-state index contributed by atoms with van der Waals surface area (Å²) in [6.07, 6.45) is 2.36. The molecule has 3 N–H and O–H groups in total. The largest absolute Gasteiger partial charge is 0.489 e. The van der Waals surface area contributed by atoms with Crippen molar-refractivity contribution in [2.24, 2.45) is 0 Å². The molecule has 1 saturated heterocycles. The average Bonchev–Trinajstić information content (AvgIpc) is 2.42. The van der Waals surface area contributed by atoms with Crippen LogP contribution in [0.25, 0.3) is 0 Å². The number of nitrogens with two attached hydrogens (primary N) is 1. The van der Waals surface area contributed by atoms with E-state index in [4.69, 9.17) is 15.2 Å². The molecule has 1 fully saturated rings. The van der Waals surface area contributed by atoms with Crippen molar-refractivity contribution in [3.05, 3.63) is 23.8 Å². The number of piperidine rings is 1. The highest BCUT2D eigenvalue weighted by molar-refractivity contribution is 5.85. The zero-order valence-electron chi connectivity index (χ0n) is 11.8. The second-order valence-corrected chi connectivity index (χ2v) is 4.66. The van der Waals surface area contributed by atoms with Gasteiger partial charge in [0, 0.05) is 7.11 Å². The van der Waals surface area contributed by atoms with Crippen LogP contribution in [-0.2, 0) is 4.74 Å². The van der Waals surface area contributed by atoms with Crippen LogP contribution < -0.4 is 15.8 Å². The Balaban J connectivity index is 0.00000180. The monoisotopic (exact) mass is 322 g/mol. The number of rotatable bonds is 5. The van der Waals surface area contributed by atoms with E-state index in [2.05, 4.69) is 17.4 Å². The van der Waals surface area contributed by atoms with E-state index in [1.807, 2.05) is 6.07 Å². The lowest BCUT2D eigenvalue weighted by atomic mass is 9.90. The van der Waals surface area contributed by atoms with Gasteiger partial charge in [-0.15, -0.1) is 24.8 Å². The number of nitrogen functional groups attached to an aromatic ring is 1. The summed E-state index contributed by atoms with van der Waals surface area (Å²) in [4.78, 5) is 0. The molecular formula is C14H24Cl2N2O2. The van der Waals surface area contributed by atoms with E-state index in [1.165, 1.54) is 18.4 Å². The number of hydrogen-bond donors (Lipinski definition) is 2. The minimum Gasteiger partial charge on any atom is -0.489 e. The van der Waals surface area contributed by atoms with Gasteiger partial charge in [-0.3, -0.25) is 0 Å². The van der Waals surface area contributed by atoms with Crippen molar-refractivity contribution in [2.75, 3.05) is 39.1 Å². The summed E-state index contributed by atoms with van der Waals surface area (Å²) in [6.45, 7) is 3.30. The Bertz CT molecular complexity index is 385. The molecule has 0 radical (unpaired) electrons. The molecular weight excluding hydrogens is 299 g/mol. The predicted octanol–water partition coefficient (Wildman–Crippen LogP) is 2.60. The van der Waals surface area contributed by atoms with E-state index >= 15 is 0 Å². The van der Waals surface area contributed by atoms with E-state index < -0.39 is 0 Å². The quantitative estimate of drug-likeness (QED) is 0.646. The topological polar surface area (TPSA) is 56.5 Å². The fourth-order valence-electron chi connectivity index (χ4n) is 2.32. The summed E-state index contributed by atoms with van der Waals surface area (Å²) < 4.78 is 10.6. The number of ether oxygens (including phenoxy) is 2. The van der Waals surface area contributed by atoms with Gasteiger partial charge in [0.1, 0.15) is 12.4 Å². The minimum absolute atomic E-state index is 0. The highest BCUT2D eigenvalue weighted by atomic mass is 35.5. The number of nitrogens with one attached hydrogen (secondary N) is 1. The van der Waals surface area contributed by atoms with E-state index in [9.17, 15) is 0 Å². The van der Waals surface area contributed by atoms with Crippen molar-refractivity contribution in [1.82, 2.24) is 5.32 Å². The lowest BCUT2D eigenvalue weighted by Gasteiger charge is -2.23. The van der Waals surface area contributed by atoms with Crippen molar-refractivity contribution in [3.8, 4) is 5.75 Å². The first-order valence-electron chi connectivity index (χ1n) is 6.53. The normalized spacial score (nSPS) is 15.1. The molecule has 6 heteroatoms. The van der Waals surface area contributed by atoms with Gasteiger partial charge in [-0.1, -0.05) is 6.07 Å². The number of benzene rings is 1. The number of methoxy groups -OCH3 is 1. The van der Waals surface area contributed by atoms with Crippen molar-refractivity contribution >= 4 is 30.5 Å². The number of halogens is 2. The number of anilines is 1. The van der Waals surface area contributed by atoms with Crippen molar-refractivity contribution in [2.45, 2.75) is 18.8 Å². The summed E-state index contributed by atoms with van der Waals surface area (Å²) in [7, 11) is 1.66. The molecule has 0 aromatic heterocycles. The van der Waals surface area contributed by atoms with Crippen LogP contribution in [0.3, 0.4) is 0 Å². The van der Waals surface area contributed by atoms with Crippen LogP contribution in [0.1, 0.15) is 24.3 Å². The van der Waals surface area contributed by atoms with Gasteiger partial charge < -0.3 is 20.5 Å². The Morgan fingerprint density at radius 1 is 1.20 bits per heavy atom. The first kappa shape index (κ1) is 19.3. The van der Waals surface area contributed by atoms with Gasteiger partial charge >= 0.3 is 0 Å². The number of hydrogen-bond acceptors (Lipinski definition) is 4. The molecule has 116 valence electrons. The highest BCUT2D eigenvalue weighted by Crippen LogP contribution is 2.31. The second-order valence-electron chi connectivity index (χ2n) is 4.66. The molecule has 1 aromatic carbocycles. The summed E-state index contributed by atoms with van der Waals surface area (Å²) in [5.74, 6) is 1.40. The van der Waals surface area contributed by atoms with Crippen LogP contribution in [0.4, 0.5) is 5.69 Å². The Labute approximate surface area is 133 Å². The van der Waals surface area contributed by atoms with Crippen molar-refractivity contribution in [3.63, 3.8) is 0 Å². The molecule has 0 saturated carbocycles. The van der Waals surface area contributed by atoms with Gasteiger partial charge in [-0.2, -0.15) is 0 Å². The summed E-state index contributed by atoms with van der Waals surface area (Å²) in [5, 5.41) is 3.38. The Kier molecular flexibility index (Phi) is 9.76. The summed E-state index contributed by atoms with van der Waals surface area (Å²) in [5.41, 5.74) is 7.95. The zero-order valence-corrected chi connectivity index (χ0v) is 13.4. The maximum Gasteiger partial charge on any atom is 0.142 e. The molecule has 1 aromatic rings. The van der Waals surface area contributed by atoms with Crippen LogP contribution >= 0.6 is 24.8 Å². The molecule has 0 unspecified atom stereocenters. The van der Waals surface area contributed by atoms with Crippen LogP contribution in [0, 0.1) is 0 Å². The smallest absolute Gasteiger partial charge is 0.142 e. The highest BCUT2D eigenvalue weighted by Gasteiger charge is 2.16. The van der Waals surface area contributed by atoms with E-state index in [0.29, 0.717) is 24.8 Å². The molecule has 0 aliphatic carbocycles. The van der Waals surface area contributed by atoms with Crippen LogP contribution in [0.15, 0.2) is 18.2 Å². The molecule has 0 bridgehead atoms. The third kappa shape index (κ3) is 5.37. The molecule has 4 nitrogen and oxygen atoms in total. The molecule has 20 heavy (non-hydrogen) atoms. The standard InChI is InChI=1S/C14H22N2O2.2ClH/c1-17-8-9-18-14-10-12(2-3-13(14)15)11-4-6-16-7-5-11;;/h2-3,10-11,16H,4-9,15H2,1H3;2*1H. The molecule has 0 amide bonds. The van der Waals surface area contributed by atoms with Gasteiger partial charge in [0.2, 0.25) is 0 Å². The molecule has 1 aliphatic rings. The molecule has 1 heterocycles. The van der Waals surface area contributed by atoms with Crippen LogP contribution in [0.5, 0.6) is 5.75 Å². The zero-order chi connectivity index (χ0) is 12.8. The fraction of sp³-hybridized carbons (Fsp3) is 0.571. The third-order valence-corrected chi connectivity index (χ3v) is 3.39. The maximum atomic E-state index is 5.92. The third-order valence-electron chi connectivity index (χ3n) is 3.39. The van der Waals surface area contributed by atoms with Crippen molar-refractivity contribution in [1.29, 1.82) is 0 Å². The second kappa shape index (κ2) is 10.1. The first-order chi connectivity index (χ1) is 8.81. The molecule has 0 spiro atoms. The fourth-order valence-corrected chi connectivity index (χ4v) is 2.32. The minimum atomic E-state index is 0. The van der Waals surface area contributed by atoms with Gasteiger partial charge in [0.05, 0.1) is 12.3 Å². The summed E-state index contributed by atoms with van der Waals surface area (Å²) >= 11 is 0. The maximum absolute atomic E-state index is 5.92. The lowest BCUT2D eigenvalue weighted by Crippen LogP contribution is -2.26. The SMILES string of the molecule is COCCOc1cc(C2CCNCC2)ccc1N.Cl.Cl. The van der Waals surface area contributed by atoms with E-state index in [-0.39, 0.29) is 24.8 Å². The van der Waals surface area contributed by atoms with E-state index in [1.54, 1.807) is 7.11 Å². The Hall–Kier alpha value is -0.680. The molecule has 1 aliphatic heterocycles. The van der Waals surface area contributed by atoms with Crippen molar-refractivity contribution < 1.29 is 9.47 Å². The van der Waals surface area contributed by atoms with Crippen LogP contribution in [0.2, 0.25) is 0 Å². The van der Waals surface area contributed by atoms with Gasteiger partial charge in [-0.25, -0.2) is 0 Å². The summed E-state index contributed by atoms with van der Waals surface area (Å²) in [6, 6.07) is 6.15. The Morgan fingerprint density at radius 3 is 2.55 bits per heavy atom. The average molecular weight is 323 g/mol. The van der Waals surface area contributed by atoms with Gasteiger partial charge in [0.25, 0.3) is 0 Å². The predicted molar refractivity (Wildman–Crippen MR) is 87.6 cm³/mol. The Morgan fingerprint density at radius 2 is 1.90 bits per heavy atom. The molecule has 0 atom stereocenters. The molecule has 2 rings (SSSR count).